The highest BCUT2D eigenvalue weighted by atomic mass is 16.5. The van der Waals surface area contributed by atoms with Crippen molar-refractivity contribution in [1.29, 1.82) is 0 Å². The number of hydrogen-bond donors (Lipinski definition) is 2. The number of hydrogen-bond acceptors (Lipinski definition) is 3. The van der Waals surface area contributed by atoms with Gasteiger partial charge in [-0.15, -0.1) is 0 Å². The summed E-state index contributed by atoms with van der Waals surface area (Å²) in [6.07, 6.45) is 0. The van der Waals surface area contributed by atoms with E-state index in [1.807, 2.05) is 32.0 Å². The van der Waals surface area contributed by atoms with Gasteiger partial charge in [0.2, 0.25) is 5.91 Å². The van der Waals surface area contributed by atoms with Gasteiger partial charge in [0.25, 0.3) is 5.91 Å². The summed E-state index contributed by atoms with van der Waals surface area (Å²) in [6.45, 7) is 4.19. The molecular formula is C19H20N2O3. The van der Waals surface area contributed by atoms with Crippen molar-refractivity contribution in [2.45, 2.75) is 25.8 Å². The van der Waals surface area contributed by atoms with Crippen molar-refractivity contribution < 1.29 is 14.3 Å². The van der Waals surface area contributed by atoms with Crippen LogP contribution in [0.4, 0.5) is 5.69 Å². The smallest absolute Gasteiger partial charge is 0.251 e. The second-order valence-electron chi connectivity index (χ2n) is 6.37. The number of rotatable bonds is 4. The minimum absolute atomic E-state index is 0.00457. The van der Waals surface area contributed by atoms with Gasteiger partial charge in [-0.2, -0.15) is 0 Å². The second kappa shape index (κ2) is 6.00. The standard InChI is InChI=1S/C19H20N2O3/c1-19(2)15-9-12(7-8-16(15)21-18(19)23)11-20-17(22)13-5-4-6-14(10-13)24-3/h4-10H,11H2,1-3H3,(H,20,22)(H,21,23). The predicted molar refractivity (Wildman–Crippen MR) is 92.3 cm³/mol. The number of methoxy groups -OCH3 is 1. The van der Waals surface area contributed by atoms with Crippen molar-refractivity contribution >= 4 is 17.5 Å². The van der Waals surface area contributed by atoms with E-state index in [1.165, 1.54) is 0 Å². The van der Waals surface area contributed by atoms with Crippen LogP contribution in [-0.4, -0.2) is 18.9 Å². The number of anilines is 1. The fraction of sp³-hybridized carbons (Fsp3) is 0.263. The van der Waals surface area contributed by atoms with Crippen molar-refractivity contribution in [2.75, 3.05) is 12.4 Å². The zero-order valence-electron chi connectivity index (χ0n) is 14.0. The summed E-state index contributed by atoms with van der Waals surface area (Å²) in [5.74, 6) is 0.476. The van der Waals surface area contributed by atoms with Crippen LogP contribution in [0.2, 0.25) is 0 Å². The maximum atomic E-state index is 12.3. The first-order chi connectivity index (χ1) is 11.4. The highest BCUT2D eigenvalue weighted by Crippen LogP contribution is 2.37. The SMILES string of the molecule is COc1cccc(C(=O)NCc2ccc3c(c2)C(C)(C)C(=O)N3)c1. The fourth-order valence-corrected chi connectivity index (χ4v) is 2.78. The number of carbonyl (C=O) groups is 2. The highest BCUT2D eigenvalue weighted by Gasteiger charge is 2.38. The first kappa shape index (κ1) is 16.1. The Morgan fingerprint density at radius 2 is 2.00 bits per heavy atom. The van der Waals surface area contributed by atoms with Gasteiger partial charge in [0, 0.05) is 17.8 Å². The fourth-order valence-electron chi connectivity index (χ4n) is 2.78. The molecule has 2 N–H and O–H groups in total. The Kier molecular flexibility index (Phi) is 4.01. The van der Waals surface area contributed by atoms with Gasteiger partial charge in [0.15, 0.2) is 0 Å². The van der Waals surface area contributed by atoms with Crippen LogP contribution in [0.5, 0.6) is 5.75 Å². The van der Waals surface area contributed by atoms with Crippen LogP contribution in [0.3, 0.4) is 0 Å². The van der Waals surface area contributed by atoms with Gasteiger partial charge in [-0.25, -0.2) is 0 Å². The van der Waals surface area contributed by atoms with Crippen LogP contribution < -0.4 is 15.4 Å². The molecule has 0 atom stereocenters. The van der Waals surface area contributed by atoms with Crippen LogP contribution >= 0.6 is 0 Å². The molecule has 2 aromatic carbocycles. The van der Waals surface area contributed by atoms with Gasteiger partial charge in [0.1, 0.15) is 5.75 Å². The van der Waals surface area contributed by atoms with Crippen molar-refractivity contribution in [3.63, 3.8) is 0 Å². The zero-order chi connectivity index (χ0) is 17.3. The Labute approximate surface area is 141 Å². The quantitative estimate of drug-likeness (QED) is 0.909. The van der Waals surface area contributed by atoms with Crippen LogP contribution in [0.15, 0.2) is 42.5 Å². The van der Waals surface area contributed by atoms with E-state index in [4.69, 9.17) is 4.74 Å². The number of fused-ring (bicyclic) bond motifs is 1. The van der Waals surface area contributed by atoms with Crippen molar-refractivity contribution in [3.05, 3.63) is 59.2 Å². The number of nitrogens with one attached hydrogen (secondary N) is 2. The van der Waals surface area contributed by atoms with Crippen LogP contribution in [0.1, 0.15) is 35.3 Å². The summed E-state index contributed by atoms with van der Waals surface area (Å²) in [6, 6.07) is 12.8. The average Bonchev–Trinajstić information content (AvgIpc) is 2.82. The summed E-state index contributed by atoms with van der Waals surface area (Å²) in [4.78, 5) is 24.2. The third-order valence-corrected chi connectivity index (χ3v) is 4.36. The summed E-state index contributed by atoms with van der Waals surface area (Å²) < 4.78 is 5.13. The maximum Gasteiger partial charge on any atom is 0.251 e. The lowest BCUT2D eigenvalue weighted by atomic mass is 9.85. The minimum atomic E-state index is -0.553. The molecule has 2 amide bonds. The largest absolute Gasteiger partial charge is 0.497 e. The summed E-state index contributed by atoms with van der Waals surface area (Å²) in [5.41, 5.74) is 2.75. The lowest BCUT2D eigenvalue weighted by Crippen LogP contribution is -2.27. The van der Waals surface area contributed by atoms with Crippen LogP contribution in [-0.2, 0) is 16.8 Å². The first-order valence-corrected chi connectivity index (χ1v) is 7.79. The summed E-state index contributed by atoms with van der Waals surface area (Å²) in [5, 5.41) is 5.77. The average molecular weight is 324 g/mol. The molecule has 1 heterocycles. The van der Waals surface area contributed by atoms with Gasteiger partial charge >= 0.3 is 0 Å². The highest BCUT2D eigenvalue weighted by molar-refractivity contribution is 6.05. The van der Waals surface area contributed by atoms with Crippen molar-refractivity contribution in [3.8, 4) is 5.75 Å². The van der Waals surface area contributed by atoms with Crippen molar-refractivity contribution in [1.82, 2.24) is 5.32 Å². The first-order valence-electron chi connectivity index (χ1n) is 7.79. The van der Waals surface area contributed by atoms with Gasteiger partial charge in [-0.05, 0) is 49.2 Å². The van der Waals surface area contributed by atoms with Crippen LogP contribution in [0, 0.1) is 0 Å². The van der Waals surface area contributed by atoms with E-state index < -0.39 is 5.41 Å². The van der Waals surface area contributed by atoms with Gasteiger partial charge < -0.3 is 15.4 Å². The Morgan fingerprint density at radius 1 is 1.21 bits per heavy atom. The molecule has 0 saturated carbocycles. The zero-order valence-corrected chi connectivity index (χ0v) is 14.0. The Hall–Kier alpha value is -2.82. The molecular weight excluding hydrogens is 304 g/mol. The normalized spacial score (nSPS) is 14.7. The maximum absolute atomic E-state index is 12.3. The van der Waals surface area contributed by atoms with Crippen molar-refractivity contribution in [2.24, 2.45) is 0 Å². The molecule has 2 aromatic rings. The molecule has 0 radical (unpaired) electrons. The van der Waals surface area contributed by atoms with E-state index in [-0.39, 0.29) is 11.8 Å². The Bertz CT molecular complexity index is 812. The predicted octanol–water partition coefficient (Wildman–Crippen LogP) is 2.85. The van der Waals surface area contributed by atoms with E-state index in [0.717, 1.165) is 16.8 Å². The van der Waals surface area contributed by atoms with Crippen LogP contribution in [0.25, 0.3) is 0 Å². The van der Waals surface area contributed by atoms with E-state index >= 15 is 0 Å². The topological polar surface area (TPSA) is 67.4 Å². The van der Waals surface area contributed by atoms with E-state index in [9.17, 15) is 9.59 Å². The molecule has 0 aromatic heterocycles. The molecule has 124 valence electrons. The molecule has 5 heteroatoms. The van der Waals surface area contributed by atoms with E-state index in [2.05, 4.69) is 10.6 Å². The number of benzene rings is 2. The molecule has 24 heavy (non-hydrogen) atoms. The molecule has 0 spiro atoms. The molecule has 3 rings (SSSR count). The molecule has 0 aliphatic carbocycles. The third kappa shape index (κ3) is 2.85. The minimum Gasteiger partial charge on any atom is -0.497 e. The lowest BCUT2D eigenvalue weighted by Gasteiger charge is -2.16. The second-order valence-corrected chi connectivity index (χ2v) is 6.37. The van der Waals surface area contributed by atoms with E-state index in [1.54, 1.807) is 31.4 Å². The number of carbonyl (C=O) groups excluding carboxylic acids is 2. The van der Waals surface area contributed by atoms with E-state index in [0.29, 0.717) is 17.9 Å². The third-order valence-electron chi connectivity index (χ3n) is 4.36. The van der Waals surface area contributed by atoms with Gasteiger partial charge in [-0.1, -0.05) is 18.2 Å². The molecule has 0 saturated heterocycles. The van der Waals surface area contributed by atoms with Gasteiger partial charge in [-0.3, -0.25) is 9.59 Å². The monoisotopic (exact) mass is 324 g/mol. The lowest BCUT2D eigenvalue weighted by molar-refractivity contribution is -0.119. The molecule has 5 nitrogen and oxygen atoms in total. The summed E-state index contributed by atoms with van der Waals surface area (Å²) in [7, 11) is 1.57. The molecule has 1 aliphatic heterocycles. The number of amides is 2. The molecule has 1 aliphatic rings. The van der Waals surface area contributed by atoms with Gasteiger partial charge in [0.05, 0.1) is 12.5 Å². The molecule has 0 unspecified atom stereocenters. The summed E-state index contributed by atoms with van der Waals surface area (Å²) >= 11 is 0. The molecule has 0 fully saturated rings. The Balaban J connectivity index is 1.73. The Morgan fingerprint density at radius 3 is 2.75 bits per heavy atom. The molecule has 0 bridgehead atoms. The number of ether oxygens (including phenoxy) is 1.